The van der Waals surface area contributed by atoms with Crippen molar-refractivity contribution in [3.05, 3.63) is 115 Å². The Kier molecular flexibility index (Phi) is 7.24. The largest absolute Gasteiger partial charge is 0.356 e. The first-order valence-electron chi connectivity index (χ1n) is 12.3. The van der Waals surface area contributed by atoms with Gasteiger partial charge in [0.2, 0.25) is 11.8 Å². The number of rotatable bonds is 6. The first-order valence-corrected chi connectivity index (χ1v) is 13.3. The molecule has 0 bridgehead atoms. The quantitative estimate of drug-likeness (QED) is 0.223. The van der Waals surface area contributed by atoms with E-state index in [-0.39, 0.29) is 22.5 Å². The number of carbonyl (C=O) groups is 3. The summed E-state index contributed by atoms with van der Waals surface area (Å²) in [5.74, 6) is -1.55. The number of nitrogens with one attached hydrogen (secondary N) is 3. The highest BCUT2D eigenvalue weighted by Gasteiger charge is 2.63. The fraction of sp³-hybridized carbons (Fsp3) is 0.185. The highest BCUT2D eigenvalue weighted by Crippen LogP contribution is 2.52. The van der Waals surface area contributed by atoms with Gasteiger partial charge in [-0.25, -0.2) is 4.79 Å². The van der Waals surface area contributed by atoms with E-state index in [1.54, 1.807) is 0 Å². The number of hydrogen-bond donors (Lipinski definition) is 3. The van der Waals surface area contributed by atoms with Crippen LogP contribution in [0.15, 0.2) is 77.8 Å². The molecule has 41 heavy (non-hydrogen) atoms. The summed E-state index contributed by atoms with van der Waals surface area (Å²) in [6, 6.07) is 14.9. The van der Waals surface area contributed by atoms with Crippen LogP contribution < -0.4 is 16.0 Å². The summed E-state index contributed by atoms with van der Waals surface area (Å²) >= 11 is 1.27. The maximum Gasteiger partial charge on any atom is 0.328 e. The van der Waals surface area contributed by atoms with Crippen molar-refractivity contribution in [2.45, 2.75) is 24.8 Å². The van der Waals surface area contributed by atoms with Crippen molar-refractivity contribution in [2.24, 2.45) is 10.4 Å². The van der Waals surface area contributed by atoms with Gasteiger partial charge in [0.25, 0.3) is 11.4 Å². The highest BCUT2D eigenvalue weighted by molar-refractivity contribution is 8.13. The number of carbonyl (C=O) groups excluding carboxylic acids is 3. The Morgan fingerprint density at radius 2 is 1.44 bits per heavy atom. The molecule has 4 amide bonds. The van der Waals surface area contributed by atoms with Gasteiger partial charge >= 0.3 is 6.03 Å². The van der Waals surface area contributed by atoms with E-state index in [1.165, 1.54) is 60.3 Å². The SMILES string of the molecule is Cc1ccccc1CSC1=N[C@H](c2cccc([N+](=O)[O-])c2)C2(C(=O)NC(=O)NC2=O)[C@@H](c2cccc([N+](=O)[O-])c2)N1. The van der Waals surface area contributed by atoms with Gasteiger partial charge in [0, 0.05) is 30.0 Å². The maximum absolute atomic E-state index is 13.8. The summed E-state index contributed by atoms with van der Waals surface area (Å²) in [5.41, 5.74) is -0.355. The van der Waals surface area contributed by atoms with E-state index in [0.717, 1.165) is 11.1 Å². The van der Waals surface area contributed by atoms with Crippen LogP contribution in [0.2, 0.25) is 0 Å². The number of nitro benzene ring substituents is 2. The number of hydrogen-bond acceptors (Lipinski definition) is 10. The van der Waals surface area contributed by atoms with Crippen molar-refractivity contribution in [2.75, 3.05) is 0 Å². The third-order valence-electron chi connectivity index (χ3n) is 7.04. The number of thioether (sulfide) groups is 1. The molecule has 0 radical (unpaired) electrons. The second-order valence-electron chi connectivity index (χ2n) is 9.44. The van der Waals surface area contributed by atoms with Crippen LogP contribution in [0.3, 0.4) is 0 Å². The molecule has 5 rings (SSSR count). The summed E-state index contributed by atoms with van der Waals surface area (Å²) in [4.78, 5) is 66.3. The van der Waals surface area contributed by atoms with Crippen molar-refractivity contribution in [3.63, 3.8) is 0 Å². The Morgan fingerprint density at radius 1 is 0.854 bits per heavy atom. The van der Waals surface area contributed by atoms with E-state index in [1.807, 2.05) is 31.2 Å². The van der Waals surface area contributed by atoms with Crippen molar-refractivity contribution < 1.29 is 24.2 Å². The van der Waals surface area contributed by atoms with Crippen LogP contribution in [0.4, 0.5) is 16.2 Å². The Bertz CT molecular complexity index is 1620. The number of imide groups is 2. The van der Waals surface area contributed by atoms with Gasteiger partial charge in [0.05, 0.1) is 15.9 Å². The van der Waals surface area contributed by atoms with E-state index in [0.29, 0.717) is 10.9 Å². The summed E-state index contributed by atoms with van der Waals surface area (Å²) in [6.45, 7) is 1.95. The van der Waals surface area contributed by atoms with E-state index >= 15 is 0 Å². The van der Waals surface area contributed by atoms with Gasteiger partial charge in [-0.1, -0.05) is 60.3 Å². The number of nitro groups is 2. The minimum Gasteiger partial charge on any atom is -0.356 e. The van der Waals surface area contributed by atoms with Gasteiger partial charge in [0.1, 0.15) is 6.04 Å². The first-order chi connectivity index (χ1) is 19.6. The zero-order valence-corrected chi connectivity index (χ0v) is 22.2. The van der Waals surface area contributed by atoms with Crippen LogP contribution in [-0.4, -0.2) is 32.9 Å². The van der Waals surface area contributed by atoms with E-state index in [9.17, 15) is 34.6 Å². The molecule has 3 aromatic carbocycles. The molecule has 0 unspecified atom stereocenters. The number of benzene rings is 3. The van der Waals surface area contributed by atoms with E-state index in [4.69, 9.17) is 4.99 Å². The molecular formula is C27H22N6O7S. The molecule has 1 fully saturated rings. The Labute approximate surface area is 236 Å². The molecule has 14 heteroatoms. The van der Waals surface area contributed by atoms with Crippen LogP contribution in [0.25, 0.3) is 0 Å². The number of non-ortho nitro benzene ring substituents is 2. The molecule has 2 atom stereocenters. The van der Waals surface area contributed by atoms with Crippen molar-refractivity contribution in [1.82, 2.24) is 16.0 Å². The zero-order chi connectivity index (χ0) is 29.3. The topological polar surface area (TPSA) is 186 Å². The maximum atomic E-state index is 13.8. The standard InChI is InChI=1S/C27H22N6O7S/c1-15-6-2-3-7-18(15)14-41-26-28-21(16-8-4-10-19(12-16)32(37)38)27(23(34)30-25(36)31-24(27)35)22(29-26)17-9-5-11-20(13-17)33(39)40/h2-13,21-22H,14H2,1H3,(H,28,29)(H2,30,31,34,35,36)/t21-,22-/m1/s1. The molecule has 2 aliphatic rings. The molecule has 2 aliphatic heterocycles. The fourth-order valence-electron chi connectivity index (χ4n) is 5.02. The van der Waals surface area contributed by atoms with E-state index < -0.39 is 45.2 Å². The molecule has 0 aromatic heterocycles. The summed E-state index contributed by atoms with van der Waals surface area (Å²) in [7, 11) is 0. The highest BCUT2D eigenvalue weighted by atomic mass is 32.2. The second kappa shape index (κ2) is 10.8. The molecular weight excluding hydrogens is 552 g/mol. The van der Waals surface area contributed by atoms with Gasteiger partial charge in [0.15, 0.2) is 10.6 Å². The van der Waals surface area contributed by atoms with Crippen LogP contribution in [0, 0.1) is 32.6 Å². The van der Waals surface area contributed by atoms with Crippen molar-refractivity contribution in [1.29, 1.82) is 0 Å². The predicted molar refractivity (Wildman–Crippen MR) is 149 cm³/mol. The van der Waals surface area contributed by atoms with Crippen molar-refractivity contribution >= 4 is 46.1 Å². The lowest BCUT2D eigenvalue weighted by Crippen LogP contribution is -2.69. The molecule has 3 aromatic rings. The number of urea groups is 1. The van der Waals surface area contributed by atoms with Gasteiger partial charge in [-0.15, -0.1) is 0 Å². The average molecular weight is 575 g/mol. The Balaban J connectivity index is 1.72. The monoisotopic (exact) mass is 574 g/mol. The Morgan fingerprint density at radius 3 is 2.05 bits per heavy atom. The lowest BCUT2D eigenvalue weighted by molar-refractivity contribution is -0.385. The molecule has 3 N–H and O–H groups in total. The number of amidine groups is 1. The zero-order valence-electron chi connectivity index (χ0n) is 21.4. The number of aryl methyl sites for hydroxylation is 1. The molecule has 0 saturated carbocycles. The first kappa shape index (κ1) is 27.5. The third-order valence-corrected chi connectivity index (χ3v) is 8.00. The number of amides is 4. The fourth-order valence-corrected chi connectivity index (χ4v) is 6.01. The Hall–Kier alpha value is -5.11. The van der Waals surface area contributed by atoms with Crippen LogP contribution in [0.5, 0.6) is 0 Å². The van der Waals surface area contributed by atoms with Crippen LogP contribution in [-0.2, 0) is 15.3 Å². The normalized spacial score (nSPS) is 19.5. The van der Waals surface area contributed by atoms with Crippen LogP contribution >= 0.6 is 11.8 Å². The average Bonchev–Trinajstić information content (AvgIpc) is 2.95. The lowest BCUT2D eigenvalue weighted by Gasteiger charge is -2.47. The second-order valence-corrected chi connectivity index (χ2v) is 10.4. The van der Waals surface area contributed by atoms with Crippen LogP contribution in [0.1, 0.15) is 34.3 Å². The van der Waals surface area contributed by atoms with Gasteiger partial charge in [-0.3, -0.25) is 45.4 Å². The molecule has 1 spiro atoms. The third kappa shape index (κ3) is 5.00. The van der Waals surface area contributed by atoms with Gasteiger partial charge in [-0.2, -0.15) is 0 Å². The molecule has 208 valence electrons. The summed E-state index contributed by atoms with van der Waals surface area (Å²) < 4.78 is 0. The van der Waals surface area contributed by atoms with Crippen molar-refractivity contribution in [3.8, 4) is 0 Å². The summed E-state index contributed by atoms with van der Waals surface area (Å²) in [5, 5.41) is 30.9. The number of aliphatic imine (C=N–C) groups is 1. The minimum absolute atomic E-state index is 0.171. The number of barbiturate groups is 1. The molecule has 2 heterocycles. The van der Waals surface area contributed by atoms with Gasteiger partial charge in [-0.05, 0) is 29.2 Å². The molecule has 13 nitrogen and oxygen atoms in total. The molecule has 0 aliphatic carbocycles. The minimum atomic E-state index is -2.19. The molecule has 1 saturated heterocycles. The lowest BCUT2D eigenvalue weighted by atomic mass is 9.66. The summed E-state index contributed by atoms with van der Waals surface area (Å²) in [6.07, 6.45) is 0. The number of nitrogens with zero attached hydrogens (tertiary/aromatic N) is 3. The smallest absolute Gasteiger partial charge is 0.328 e. The van der Waals surface area contributed by atoms with Gasteiger partial charge < -0.3 is 5.32 Å². The predicted octanol–water partition coefficient (Wildman–Crippen LogP) is 3.84. The van der Waals surface area contributed by atoms with E-state index in [2.05, 4.69) is 16.0 Å².